The molecule has 2 N–H and O–H groups in total. The number of nitrogens with one attached hydrogen (secondary N) is 1. The summed E-state index contributed by atoms with van der Waals surface area (Å²) in [5.74, 6) is 1.09. The van der Waals surface area contributed by atoms with Crippen molar-refractivity contribution >= 4 is 5.91 Å². The maximum absolute atomic E-state index is 12.3. The Balaban J connectivity index is 2.05. The second kappa shape index (κ2) is 8.43. The van der Waals surface area contributed by atoms with Crippen LogP contribution in [0.2, 0.25) is 0 Å². The zero-order valence-electron chi connectivity index (χ0n) is 19.9. The van der Waals surface area contributed by atoms with Crippen LogP contribution in [0.4, 0.5) is 0 Å². The van der Waals surface area contributed by atoms with Gasteiger partial charge in [-0.1, -0.05) is 59.3 Å². The van der Waals surface area contributed by atoms with Gasteiger partial charge in [-0.25, -0.2) is 0 Å². The van der Waals surface area contributed by atoms with Gasteiger partial charge in [0.15, 0.2) is 0 Å². The maximum Gasteiger partial charge on any atom is 0.217 e. The van der Waals surface area contributed by atoms with Crippen LogP contribution >= 0.6 is 0 Å². The molecule has 168 valence electrons. The highest BCUT2D eigenvalue weighted by atomic mass is 16.5. The summed E-state index contributed by atoms with van der Waals surface area (Å²) in [6.45, 7) is 12.6. The molecular formula is C26H41NO3. The van der Waals surface area contributed by atoms with Crippen LogP contribution in [0.15, 0.2) is 12.1 Å². The first kappa shape index (κ1) is 23.0. The zero-order valence-corrected chi connectivity index (χ0v) is 19.9. The largest absolute Gasteiger partial charge is 0.507 e. The van der Waals surface area contributed by atoms with Gasteiger partial charge in [0.1, 0.15) is 17.1 Å². The first-order chi connectivity index (χ1) is 14.0. The Morgan fingerprint density at radius 1 is 1.23 bits per heavy atom. The highest BCUT2D eigenvalue weighted by molar-refractivity contribution is 5.75. The van der Waals surface area contributed by atoms with E-state index >= 15 is 0 Å². The quantitative estimate of drug-likeness (QED) is 0.511. The van der Waals surface area contributed by atoms with Crippen LogP contribution < -0.4 is 10.1 Å². The summed E-state index contributed by atoms with van der Waals surface area (Å²) in [7, 11) is 0. The van der Waals surface area contributed by atoms with Gasteiger partial charge in [0.2, 0.25) is 5.91 Å². The predicted molar refractivity (Wildman–Crippen MR) is 122 cm³/mol. The van der Waals surface area contributed by atoms with E-state index in [1.54, 1.807) is 6.92 Å². The van der Waals surface area contributed by atoms with E-state index in [-0.39, 0.29) is 23.0 Å². The molecule has 30 heavy (non-hydrogen) atoms. The normalized spacial score (nSPS) is 25.1. The van der Waals surface area contributed by atoms with Crippen LogP contribution in [-0.2, 0) is 15.7 Å². The number of amides is 1. The zero-order chi connectivity index (χ0) is 22.2. The Morgan fingerprint density at radius 2 is 1.97 bits per heavy atom. The summed E-state index contributed by atoms with van der Waals surface area (Å²) in [6, 6.07) is 4.06. The van der Waals surface area contributed by atoms with Crippen LogP contribution in [0.5, 0.6) is 11.5 Å². The molecule has 0 radical (unpaired) electrons. The highest BCUT2D eigenvalue weighted by Crippen LogP contribution is 2.57. The van der Waals surface area contributed by atoms with Gasteiger partial charge >= 0.3 is 0 Å². The lowest BCUT2D eigenvalue weighted by molar-refractivity contribution is -0.126. The molecule has 1 aromatic carbocycles. The maximum atomic E-state index is 12.3. The molecule has 3 rings (SSSR count). The Morgan fingerprint density at radius 3 is 2.63 bits per heavy atom. The minimum atomic E-state index is -0.560. The Labute approximate surface area is 182 Å². The molecule has 1 fully saturated rings. The predicted octanol–water partition coefficient (Wildman–Crippen LogP) is 6.33. The van der Waals surface area contributed by atoms with Crippen molar-refractivity contribution in [2.45, 2.75) is 116 Å². The molecule has 0 saturated heterocycles. The van der Waals surface area contributed by atoms with Crippen LogP contribution in [0, 0.1) is 5.92 Å². The SMILES string of the molecule is CCCCCCC(C)(C)c1cc(O)c2c(c1)OC(C)(C)[C@@H]1CCCC[C@@]21NC(C)=O. The number of fused-ring (bicyclic) bond motifs is 3. The van der Waals surface area contributed by atoms with Crippen molar-refractivity contribution in [2.75, 3.05) is 0 Å². The lowest BCUT2D eigenvalue weighted by Crippen LogP contribution is -2.62. The van der Waals surface area contributed by atoms with Crippen molar-refractivity contribution in [3.63, 3.8) is 0 Å². The summed E-state index contributed by atoms with van der Waals surface area (Å²) in [6.07, 6.45) is 9.99. The highest BCUT2D eigenvalue weighted by Gasteiger charge is 2.56. The number of benzene rings is 1. The van der Waals surface area contributed by atoms with Gasteiger partial charge in [0, 0.05) is 12.8 Å². The number of carbonyl (C=O) groups is 1. The summed E-state index contributed by atoms with van der Waals surface area (Å²) in [5, 5.41) is 14.5. The fraction of sp³-hybridized carbons (Fsp3) is 0.731. The molecule has 1 aliphatic heterocycles. The number of ether oxygens (including phenoxy) is 1. The van der Waals surface area contributed by atoms with E-state index in [1.165, 1.54) is 25.7 Å². The van der Waals surface area contributed by atoms with E-state index in [0.29, 0.717) is 0 Å². The molecule has 0 unspecified atom stereocenters. The number of carbonyl (C=O) groups excluding carboxylic acids is 1. The van der Waals surface area contributed by atoms with Gasteiger partial charge in [0.05, 0.1) is 11.1 Å². The van der Waals surface area contributed by atoms with Crippen molar-refractivity contribution in [2.24, 2.45) is 5.92 Å². The molecule has 4 nitrogen and oxygen atoms in total. The average molecular weight is 416 g/mol. The van der Waals surface area contributed by atoms with Gasteiger partial charge in [-0.15, -0.1) is 0 Å². The van der Waals surface area contributed by atoms with Crippen molar-refractivity contribution in [3.8, 4) is 11.5 Å². The average Bonchev–Trinajstić information content (AvgIpc) is 2.63. The standard InChI is InChI=1S/C26H41NO3/c1-7-8-9-11-14-24(3,4)19-16-20(29)23-21(17-19)30-25(5,6)22-13-10-12-15-26(22,23)27-18(2)28/h16-17,22,29H,7-15H2,1-6H3,(H,27,28)/t22-,26-/m0/s1. The smallest absolute Gasteiger partial charge is 0.217 e. The van der Waals surface area contributed by atoms with Crippen LogP contribution in [0.25, 0.3) is 0 Å². The number of hydrogen-bond acceptors (Lipinski definition) is 3. The third-order valence-electron chi connectivity index (χ3n) is 7.48. The molecule has 0 aromatic heterocycles. The molecule has 1 amide bonds. The molecule has 1 saturated carbocycles. The number of unbranched alkanes of at least 4 members (excludes halogenated alkanes) is 3. The van der Waals surface area contributed by atoms with Crippen molar-refractivity contribution < 1.29 is 14.6 Å². The van der Waals surface area contributed by atoms with Crippen LogP contribution in [-0.4, -0.2) is 16.6 Å². The third kappa shape index (κ3) is 4.20. The molecule has 0 bridgehead atoms. The fourth-order valence-corrected chi connectivity index (χ4v) is 5.95. The number of phenols is 1. The number of rotatable bonds is 7. The Bertz CT molecular complexity index is 783. The molecule has 2 atom stereocenters. The molecule has 2 aliphatic rings. The van der Waals surface area contributed by atoms with E-state index < -0.39 is 11.1 Å². The lowest BCUT2D eigenvalue weighted by atomic mass is 9.61. The van der Waals surface area contributed by atoms with Crippen LogP contribution in [0.3, 0.4) is 0 Å². The second-order valence-electron chi connectivity index (χ2n) is 10.7. The van der Waals surface area contributed by atoms with E-state index in [9.17, 15) is 9.90 Å². The van der Waals surface area contributed by atoms with Gasteiger partial charge < -0.3 is 15.2 Å². The first-order valence-corrected chi connectivity index (χ1v) is 11.9. The van der Waals surface area contributed by atoms with Gasteiger partial charge in [-0.2, -0.15) is 0 Å². The van der Waals surface area contributed by atoms with E-state index in [2.05, 4.69) is 46.0 Å². The first-order valence-electron chi connectivity index (χ1n) is 11.9. The van der Waals surface area contributed by atoms with Crippen molar-refractivity contribution in [1.29, 1.82) is 0 Å². The number of aromatic hydroxyl groups is 1. The fourth-order valence-electron chi connectivity index (χ4n) is 5.95. The third-order valence-corrected chi connectivity index (χ3v) is 7.48. The lowest BCUT2D eigenvalue weighted by Gasteiger charge is -2.55. The molecular weight excluding hydrogens is 374 g/mol. The number of phenolic OH excluding ortho intramolecular Hbond substituents is 1. The Kier molecular flexibility index (Phi) is 6.46. The van der Waals surface area contributed by atoms with E-state index in [4.69, 9.17) is 4.74 Å². The van der Waals surface area contributed by atoms with Crippen molar-refractivity contribution in [1.82, 2.24) is 5.32 Å². The van der Waals surface area contributed by atoms with E-state index in [1.807, 2.05) is 6.07 Å². The van der Waals surface area contributed by atoms with Crippen molar-refractivity contribution in [3.05, 3.63) is 23.3 Å². The summed E-state index contributed by atoms with van der Waals surface area (Å²) in [5.41, 5.74) is 0.880. The van der Waals surface area contributed by atoms with Gasteiger partial charge in [-0.3, -0.25) is 4.79 Å². The molecule has 1 aromatic rings. The summed E-state index contributed by atoms with van der Waals surface area (Å²) in [4.78, 5) is 12.3. The molecule has 1 aliphatic carbocycles. The van der Waals surface area contributed by atoms with E-state index in [0.717, 1.165) is 49.0 Å². The molecule has 0 spiro atoms. The second-order valence-corrected chi connectivity index (χ2v) is 10.7. The molecule has 4 heteroatoms. The topological polar surface area (TPSA) is 58.6 Å². The monoisotopic (exact) mass is 415 g/mol. The molecule has 1 heterocycles. The minimum absolute atomic E-state index is 0.0433. The number of hydrogen-bond donors (Lipinski definition) is 2. The minimum Gasteiger partial charge on any atom is -0.507 e. The summed E-state index contributed by atoms with van der Waals surface area (Å²) >= 11 is 0. The Hall–Kier alpha value is -1.71. The summed E-state index contributed by atoms with van der Waals surface area (Å²) < 4.78 is 6.54. The van der Waals surface area contributed by atoms with Gasteiger partial charge in [-0.05, 0) is 56.2 Å². The van der Waals surface area contributed by atoms with Gasteiger partial charge in [0.25, 0.3) is 0 Å². The van der Waals surface area contributed by atoms with Crippen LogP contribution in [0.1, 0.15) is 110 Å².